The zero-order chi connectivity index (χ0) is 13.8. The second-order valence-electron chi connectivity index (χ2n) is 5.09. The molecule has 0 spiro atoms. The number of unbranched alkanes of at least 4 members (excludes halogenated alkanes) is 6. The van der Waals surface area contributed by atoms with E-state index in [1.165, 1.54) is 38.2 Å². The Morgan fingerprint density at radius 1 is 0.944 bits per heavy atom. The zero-order valence-corrected chi connectivity index (χ0v) is 11.7. The molecule has 0 aliphatic rings. The third-order valence-corrected chi connectivity index (χ3v) is 3.29. The number of aliphatic hydroxyl groups is 3. The highest BCUT2D eigenvalue weighted by Gasteiger charge is 2.17. The quantitative estimate of drug-likeness (QED) is 0.372. The molecule has 3 N–H and O–H groups in total. The van der Waals surface area contributed by atoms with E-state index in [2.05, 4.69) is 13.5 Å². The van der Waals surface area contributed by atoms with Gasteiger partial charge in [-0.3, -0.25) is 0 Å². The van der Waals surface area contributed by atoms with E-state index in [9.17, 15) is 15.3 Å². The molecule has 0 amide bonds. The van der Waals surface area contributed by atoms with Crippen LogP contribution in [-0.2, 0) is 0 Å². The van der Waals surface area contributed by atoms with Gasteiger partial charge in [-0.25, -0.2) is 0 Å². The Hall–Kier alpha value is -0.380. The van der Waals surface area contributed by atoms with Crippen LogP contribution in [0.25, 0.3) is 0 Å². The maximum atomic E-state index is 9.70. The van der Waals surface area contributed by atoms with Gasteiger partial charge in [0.1, 0.15) is 0 Å². The first kappa shape index (κ1) is 17.6. The van der Waals surface area contributed by atoms with Gasteiger partial charge in [-0.05, 0) is 6.42 Å². The number of rotatable bonds is 12. The highest BCUT2D eigenvalue weighted by Crippen LogP contribution is 2.13. The smallest absolute Gasteiger partial charge is 0.0978 e. The van der Waals surface area contributed by atoms with Gasteiger partial charge in [0, 0.05) is 6.42 Å². The number of hydrogen-bond donors (Lipinski definition) is 3. The summed E-state index contributed by atoms with van der Waals surface area (Å²) >= 11 is 0. The van der Waals surface area contributed by atoms with Crippen LogP contribution in [0.15, 0.2) is 12.7 Å². The molecule has 0 aliphatic heterocycles. The van der Waals surface area contributed by atoms with Gasteiger partial charge in [-0.2, -0.15) is 0 Å². The van der Waals surface area contributed by atoms with E-state index in [1.807, 2.05) is 0 Å². The molecule has 0 heterocycles. The van der Waals surface area contributed by atoms with E-state index in [-0.39, 0.29) is 6.42 Å². The molecular formula is C15H30O3. The van der Waals surface area contributed by atoms with Crippen LogP contribution in [0, 0.1) is 0 Å². The topological polar surface area (TPSA) is 60.7 Å². The Morgan fingerprint density at radius 3 is 2.06 bits per heavy atom. The molecule has 0 saturated heterocycles. The van der Waals surface area contributed by atoms with Gasteiger partial charge in [-0.1, -0.05) is 57.9 Å². The largest absolute Gasteiger partial charge is 0.393 e. The molecule has 0 unspecified atom stereocenters. The van der Waals surface area contributed by atoms with E-state index in [0.29, 0.717) is 6.42 Å². The number of hydrogen-bond acceptors (Lipinski definition) is 3. The molecule has 0 aromatic rings. The Bertz CT molecular complexity index is 194. The van der Waals surface area contributed by atoms with E-state index < -0.39 is 18.3 Å². The predicted octanol–water partition coefficient (Wildman–Crippen LogP) is 2.79. The van der Waals surface area contributed by atoms with Crippen LogP contribution in [0.1, 0.15) is 64.7 Å². The Kier molecular flexibility index (Phi) is 11.4. The zero-order valence-electron chi connectivity index (χ0n) is 11.7. The molecule has 3 atom stereocenters. The summed E-state index contributed by atoms with van der Waals surface area (Å²) in [6, 6.07) is 0. The fraction of sp³-hybridized carbons (Fsp3) is 0.867. The van der Waals surface area contributed by atoms with Gasteiger partial charge in [0.2, 0.25) is 0 Å². The fourth-order valence-corrected chi connectivity index (χ4v) is 2.03. The van der Waals surface area contributed by atoms with Crippen molar-refractivity contribution < 1.29 is 15.3 Å². The van der Waals surface area contributed by atoms with Crippen LogP contribution in [0.5, 0.6) is 0 Å². The number of aliphatic hydroxyl groups excluding tert-OH is 3. The summed E-state index contributed by atoms with van der Waals surface area (Å²) in [6.45, 7) is 5.62. The monoisotopic (exact) mass is 258 g/mol. The molecule has 0 aliphatic carbocycles. The summed E-state index contributed by atoms with van der Waals surface area (Å²) in [4.78, 5) is 0. The summed E-state index contributed by atoms with van der Waals surface area (Å²) in [7, 11) is 0. The summed E-state index contributed by atoms with van der Waals surface area (Å²) in [6.07, 6.45) is 8.39. The van der Waals surface area contributed by atoms with Gasteiger partial charge in [0.25, 0.3) is 0 Å². The fourth-order valence-electron chi connectivity index (χ4n) is 2.03. The van der Waals surface area contributed by atoms with Crippen molar-refractivity contribution in [3.05, 3.63) is 12.7 Å². The summed E-state index contributed by atoms with van der Waals surface area (Å²) < 4.78 is 0. The first-order chi connectivity index (χ1) is 8.61. The lowest BCUT2D eigenvalue weighted by molar-refractivity contribution is 0.00763. The van der Waals surface area contributed by atoms with Gasteiger partial charge in [0.05, 0.1) is 18.3 Å². The second kappa shape index (κ2) is 11.7. The first-order valence-corrected chi connectivity index (χ1v) is 7.28. The second-order valence-corrected chi connectivity index (χ2v) is 5.09. The molecule has 0 fully saturated rings. The van der Waals surface area contributed by atoms with Gasteiger partial charge >= 0.3 is 0 Å². The summed E-state index contributed by atoms with van der Waals surface area (Å²) in [5.74, 6) is 0. The maximum absolute atomic E-state index is 9.70. The van der Waals surface area contributed by atoms with E-state index >= 15 is 0 Å². The van der Waals surface area contributed by atoms with Crippen molar-refractivity contribution in [3.63, 3.8) is 0 Å². The average Bonchev–Trinajstić information content (AvgIpc) is 2.36. The van der Waals surface area contributed by atoms with Crippen molar-refractivity contribution in [2.45, 2.75) is 83.0 Å². The molecule has 18 heavy (non-hydrogen) atoms. The molecule has 0 bridgehead atoms. The molecule has 0 aromatic carbocycles. The van der Waals surface area contributed by atoms with Gasteiger partial charge < -0.3 is 15.3 Å². The molecule has 108 valence electrons. The molecule has 3 nitrogen and oxygen atoms in total. The van der Waals surface area contributed by atoms with Crippen molar-refractivity contribution in [2.75, 3.05) is 0 Å². The highest BCUT2D eigenvalue weighted by atomic mass is 16.3. The maximum Gasteiger partial charge on any atom is 0.0978 e. The third-order valence-electron chi connectivity index (χ3n) is 3.29. The van der Waals surface area contributed by atoms with Crippen LogP contribution in [0.3, 0.4) is 0 Å². The predicted molar refractivity (Wildman–Crippen MR) is 75.4 cm³/mol. The molecular weight excluding hydrogens is 228 g/mol. The Labute approximate surface area is 112 Å². The molecule has 0 saturated carbocycles. The van der Waals surface area contributed by atoms with Crippen LogP contribution in [-0.4, -0.2) is 33.6 Å². The minimum absolute atomic E-state index is 0.225. The van der Waals surface area contributed by atoms with E-state index in [4.69, 9.17) is 0 Å². The molecule has 0 rings (SSSR count). The van der Waals surface area contributed by atoms with Crippen molar-refractivity contribution in [3.8, 4) is 0 Å². The highest BCUT2D eigenvalue weighted by molar-refractivity contribution is 4.85. The SMILES string of the molecule is C=C[C@@H](O)[C@H](O)C[C@@H](O)CCCCCCCCC. The Morgan fingerprint density at radius 2 is 1.50 bits per heavy atom. The lowest BCUT2D eigenvalue weighted by Gasteiger charge is -2.18. The lowest BCUT2D eigenvalue weighted by atomic mass is 10.0. The van der Waals surface area contributed by atoms with Gasteiger partial charge in [0.15, 0.2) is 0 Å². The summed E-state index contributed by atoms with van der Waals surface area (Å²) in [5, 5.41) is 28.5. The van der Waals surface area contributed by atoms with E-state index in [1.54, 1.807) is 0 Å². The van der Waals surface area contributed by atoms with Crippen molar-refractivity contribution in [1.29, 1.82) is 0 Å². The van der Waals surface area contributed by atoms with Crippen LogP contribution < -0.4 is 0 Å². The normalized spacial score (nSPS) is 16.2. The van der Waals surface area contributed by atoms with Gasteiger partial charge in [-0.15, -0.1) is 6.58 Å². The van der Waals surface area contributed by atoms with Crippen molar-refractivity contribution >= 4 is 0 Å². The lowest BCUT2D eigenvalue weighted by Crippen LogP contribution is -2.28. The molecule has 3 heteroatoms. The third kappa shape index (κ3) is 9.63. The summed E-state index contributed by atoms with van der Waals surface area (Å²) in [5.41, 5.74) is 0. The molecule has 0 radical (unpaired) electrons. The molecule has 0 aromatic heterocycles. The van der Waals surface area contributed by atoms with Crippen molar-refractivity contribution in [2.24, 2.45) is 0 Å². The van der Waals surface area contributed by atoms with E-state index in [0.717, 1.165) is 12.8 Å². The van der Waals surface area contributed by atoms with Crippen LogP contribution in [0.4, 0.5) is 0 Å². The minimum atomic E-state index is -0.936. The standard InChI is InChI=1S/C15H30O3/c1-3-5-6-7-8-9-10-11-13(16)12-15(18)14(17)4-2/h4,13-18H,2-3,5-12H2,1H3/t13-,14+,15+/m0/s1. The van der Waals surface area contributed by atoms with Crippen LogP contribution in [0.2, 0.25) is 0 Å². The van der Waals surface area contributed by atoms with Crippen LogP contribution >= 0.6 is 0 Å². The average molecular weight is 258 g/mol. The minimum Gasteiger partial charge on any atom is -0.393 e. The first-order valence-electron chi connectivity index (χ1n) is 7.28. The Balaban J connectivity index is 3.41. The van der Waals surface area contributed by atoms with Crippen molar-refractivity contribution in [1.82, 2.24) is 0 Å².